The molecule has 0 radical (unpaired) electrons. The van der Waals surface area contributed by atoms with Crippen molar-refractivity contribution in [2.75, 3.05) is 0 Å². The lowest BCUT2D eigenvalue weighted by atomic mass is 9.46. The summed E-state index contributed by atoms with van der Waals surface area (Å²) < 4.78 is 0. The number of amides is 1. The molecule has 8 atom stereocenters. The zero-order valence-corrected chi connectivity index (χ0v) is 18.6. The van der Waals surface area contributed by atoms with Crippen LogP contribution in [0.1, 0.15) is 61.7 Å². The third kappa shape index (κ3) is 4.12. The molecule has 0 aromatic carbocycles. The summed E-state index contributed by atoms with van der Waals surface area (Å²) in [4.78, 5) is 28.7. The quantitative estimate of drug-likeness (QED) is 0.611. The zero-order chi connectivity index (χ0) is 22.7. The lowest BCUT2D eigenvalue weighted by Gasteiger charge is -2.61. The number of carbonyl (C=O) groups is 2. The minimum atomic E-state index is -0.942. The number of pyridine rings is 1. The second-order valence-corrected chi connectivity index (χ2v) is 10.8. The Hall–Kier alpha value is -2.54. The lowest BCUT2D eigenvalue weighted by molar-refractivity contribution is -0.177. The molecule has 6 aliphatic rings. The number of piperidine rings is 1. The summed E-state index contributed by atoms with van der Waals surface area (Å²) in [6.07, 6.45) is 10.3. The predicted molar refractivity (Wildman–Crippen MR) is 118 cm³/mol. The third-order valence-corrected chi connectivity index (χ3v) is 8.42. The smallest absolute Gasteiger partial charge is 0.337 e. The summed E-state index contributed by atoms with van der Waals surface area (Å²) in [5.74, 6) is 0.616. The van der Waals surface area contributed by atoms with E-state index in [1.807, 2.05) is 0 Å². The van der Waals surface area contributed by atoms with Gasteiger partial charge in [-0.05, 0) is 86.7 Å². The third-order valence-electron chi connectivity index (χ3n) is 8.42. The van der Waals surface area contributed by atoms with Gasteiger partial charge >= 0.3 is 5.97 Å². The molecule has 1 amide bonds. The molecular weight excluding hydrogens is 424 g/mol. The Kier molecular flexibility index (Phi) is 5.97. The van der Waals surface area contributed by atoms with Crippen molar-refractivity contribution in [1.82, 2.24) is 9.88 Å². The summed E-state index contributed by atoms with van der Waals surface area (Å²) in [5.41, 5.74) is 5.93. The SMILES string of the molecule is N#C[C@@H]1C[C@@H]2C[C@@H]2N1C(=O)[C@@H](N)C12C[C@@H]3C[C@@H](CC(O)(C3)C1)C2.O.O=C(O)c1cccnc1. The molecule has 2 heterocycles. The van der Waals surface area contributed by atoms with Crippen molar-refractivity contribution in [1.29, 1.82) is 5.26 Å². The van der Waals surface area contributed by atoms with Crippen LogP contribution < -0.4 is 5.73 Å². The highest BCUT2D eigenvalue weighted by Gasteiger charge is 2.62. The van der Waals surface area contributed by atoms with Gasteiger partial charge in [-0.15, -0.1) is 0 Å². The summed E-state index contributed by atoms with van der Waals surface area (Å²) in [5, 5.41) is 28.6. The van der Waals surface area contributed by atoms with Crippen LogP contribution in [0.15, 0.2) is 24.5 Å². The van der Waals surface area contributed by atoms with E-state index in [1.165, 1.54) is 24.9 Å². The maximum Gasteiger partial charge on any atom is 0.337 e. The van der Waals surface area contributed by atoms with Crippen molar-refractivity contribution in [2.45, 2.75) is 75.1 Å². The van der Waals surface area contributed by atoms with Gasteiger partial charge in [-0.1, -0.05) is 0 Å². The highest BCUT2D eigenvalue weighted by atomic mass is 16.4. The molecule has 1 saturated heterocycles. The van der Waals surface area contributed by atoms with Crippen molar-refractivity contribution in [3.63, 3.8) is 0 Å². The zero-order valence-electron chi connectivity index (χ0n) is 18.6. The molecule has 5 aliphatic carbocycles. The molecule has 0 spiro atoms. The molecule has 6 fully saturated rings. The van der Waals surface area contributed by atoms with Crippen LogP contribution in [0.3, 0.4) is 0 Å². The standard InChI is InChI=1S/C18H25N3O2.C6H5NO2.H2O/c19-8-13-2-12-3-14(12)21(13)16(22)15(20)17-4-10-1-11(5-17)7-18(23,6-10)9-17;8-6(9)5-2-1-3-7-4-5;/h10-15,23H,1-7,9,20H2;1-4H,(H,8,9);1H2/t10-,11+,12-,13+,14+,15-,17?,18?;;/m1../s1. The maximum absolute atomic E-state index is 13.1. The van der Waals surface area contributed by atoms with Crippen molar-refractivity contribution in [3.8, 4) is 6.07 Å². The molecular formula is C24H32N4O5. The van der Waals surface area contributed by atoms with E-state index in [-0.39, 0.29) is 34.4 Å². The topological polar surface area (TPSA) is 172 Å². The molecule has 4 bridgehead atoms. The van der Waals surface area contributed by atoms with Gasteiger partial charge in [-0.2, -0.15) is 5.26 Å². The van der Waals surface area contributed by atoms with Gasteiger partial charge in [0, 0.05) is 18.4 Å². The number of hydrogen-bond acceptors (Lipinski definition) is 6. The van der Waals surface area contributed by atoms with Crippen molar-refractivity contribution in [2.24, 2.45) is 28.9 Å². The number of carboxylic acid groups (broad SMARTS) is 1. The van der Waals surface area contributed by atoms with Gasteiger partial charge in [0.15, 0.2) is 0 Å². The summed E-state index contributed by atoms with van der Waals surface area (Å²) in [6.45, 7) is 0. The summed E-state index contributed by atoms with van der Waals surface area (Å²) >= 11 is 0. The van der Waals surface area contributed by atoms with Crippen LogP contribution in [-0.4, -0.2) is 61.2 Å². The summed E-state index contributed by atoms with van der Waals surface area (Å²) in [7, 11) is 0. The molecule has 7 rings (SSSR count). The van der Waals surface area contributed by atoms with Gasteiger partial charge in [-0.25, -0.2) is 4.79 Å². The number of aromatic nitrogens is 1. The Morgan fingerprint density at radius 1 is 1.21 bits per heavy atom. The van der Waals surface area contributed by atoms with Gasteiger partial charge in [0.25, 0.3) is 0 Å². The number of aliphatic hydroxyl groups is 1. The van der Waals surface area contributed by atoms with Crippen LogP contribution in [0.2, 0.25) is 0 Å². The Morgan fingerprint density at radius 2 is 1.91 bits per heavy atom. The number of carbonyl (C=O) groups excluding carboxylic acids is 1. The molecule has 5 saturated carbocycles. The minimum absolute atomic E-state index is 0. The first-order chi connectivity index (χ1) is 15.2. The first-order valence-electron chi connectivity index (χ1n) is 11.6. The number of carboxylic acids is 1. The predicted octanol–water partition coefficient (Wildman–Crippen LogP) is 1.11. The van der Waals surface area contributed by atoms with E-state index in [1.54, 1.807) is 11.0 Å². The number of nitrogens with zero attached hydrogens (tertiary/aromatic N) is 3. The first-order valence-corrected chi connectivity index (χ1v) is 11.6. The van der Waals surface area contributed by atoms with Gasteiger partial charge < -0.3 is 26.3 Å². The van der Waals surface area contributed by atoms with E-state index in [2.05, 4.69) is 11.1 Å². The second-order valence-electron chi connectivity index (χ2n) is 10.8. The number of hydrogen-bond donors (Lipinski definition) is 3. The number of rotatable bonds is 3. The van der Waals surface area contributed by atoms with E-state index in [9.17, 15) is 20.0 Å². The van der Waals surface area contributed by atoms with Gasteiger partial charge in [0.2, 0.25) is 5.91 Å². The number of nitriles is 1. The van der Waals surface area contributed by atoms with Gasteiger partial charge in [-0.3, -0.25) is 9.78 Å². The highest BCUT2D eigenvalue weighted by Crippen LogP contribution is 2.63. The van der Waals surface area contributed by atoms with E-state index < -0.39 is 17.6 Å². The minimum Gasteiger partial charge on any atom is -0.478 e. The fraction of sp³-hybridized carbons (Fsp3) is 0.667. The molecule has 1 aromatic heterocycles. The normalized spacial score (nSPS) is 39.9. The molecule has 2 unspecified atom stereocenters. The molecule has 9 nitrogen and oxygen atoms in total. The van der Waals surface area contributed by atoms with Crippen molar-refractivity contribution in [3.05, 3.63) is 30.1 Å². The van der Waals surface area contributed by atoms with Crippen LogP contribution >= 0.6 is 0 Å². The molecule has 1 aromatic rings. The first kappa shape index (κ1) is 23.6. The second kappa shape index (κ2) is 8.35. The van der Waals surface area contributed by atoms with Crippen LogP contribution in [-0.2, 0) is 4.79 Å². The molecule has 9 heteroatoms. The largest absolute Gasteiger partial charge is 0.478 e. The van der Waals surface area contributed by atoms with E-state index in [0.717, 1.165) is 38.5 Å². The van der Waals surface area contributed by atoms with E-state index >= 15 is 0 Å². The van der Waals surface area contributed by atoms with Crippen molar-refractivity contribution >= 4 is 11.9 Å². The monoisotopic (exact) mass is 456 g/mol. The maximum atomic E-state index is 13.1. The van der Waals surface area contributed by atoms with Gasteiger partial charge in [0.1, 0.15) is 6.04 Å². The Morgan fingerprint density at radius 3 is 2.42 bits per heavy atom. The van der Waals surface area contributed by atoms with Crippen molar-refractivity contribution < 1.29 is 25.3 Å². The molecule has 1 aliphatic heterocycles. The van der Waals surface area contributed by atoms with Crippen LogP contribution in [0.4, 0.5) is 0 Å². The molecule has 178 valence electrons. The Balaban J connectivity index is 0.000000221. The molecule has 6 N–H and O–H groups in total. The van der Waals surface area contributed by atoms with E-state index in [4.69, 9.17) is 10.8 Å². The number of aromatic carboxylic acids is 1. The fourth-order valence-corrected chi connectivity index (χ4v) is 7.45. The average molecular weight is 457 g/mol. The highest BCUT2D eigenvalue weighted by molar-refractivity contribution is 5.87. The lowest BCUT2D eigenvalue weighted by Crippen LogP contribution is -2.64. The average Bonchev–Trinajstić information content (AvgIpc) is 3.41. The number of nitrogens with two attached hydrogens (primary N) is 1. The Bertz CT molecular complexity index is 949. The Labute approximate surface area is 192 Å². The summed E-state index contributed by atoms with van der Waals surface area (Å²) in [6, 6.07) is 4.80. The van der Waals surface area contributed by atoms with Crippen LogP contribution in [0, 0.1) is 34.5 Å². The fourth-order valence-electron chi connectivity index (χ4n) is 7.45. The molecule has 33 heavy (non-hydrogen) atoms. The number of fused-ring (bicyclic) bond motifs is 1. The number of likely N-dealkylation sites (tertiary alicyclic amines) is 1. The van der Waals surface area contributed by atoms with Crippen LogP contribution in [0.5, 0.6) is 0 Å². The van der Waals surface area contributed by atoms with Gasteiger partial charge in [0.05, 0.1) is 23.3 Å². The van der Waals surface area contributed by atoms with Crippen LogP contribution in [0.25, 0.3) is 0 Å². The van der Waals surface area contributed by atoms with E-state index in [0.29, 0.717) is 24.2 Å².